The van der Waals surface area contributed by atoms with Gasteiger partial charge in [0.15, 0.2) is 0 Å². The van der Waals surface area contributed by atoms with Crippen LogP contribution in [0.15, 0.2) is 36.4 Å². The Labute approximate surface area is 95.0 Å². The molecule has 0 heterocycles. The number of nitrogen functional groups attached to an aromatic ring is 1. The summed E-state index contributed by atoms with van der Waals surface area (Å²) in [6.07, 6.45) is 2.62. The van der Waals surface area contributed by atoms with Gasteiger partial charge in [-0.3, -0.25) is 0 Å². The monoisotopic (exact) mass is 213 g/mol. The van der Waals surface area contributed by atoms with Crippen molar-refractivity contribution in [1.82, 2.24) is 0 Å². The van der Waals surface area contributed by atoms with Crippen LogP contribution in [-0.4, -0.2) is 6.61 Å². The summed E-state index contributed by atoms with van der Waals surface area (Å²) in [4.78, 5) is 0. The molecule has 0 atom stereocenters. The summed E-state index contributed by atoms with van der Waals surface area (Å²) in [5, 5.41) is 2.19. The van der Waals surface area contributed by atoms with Crippen molar-refractivity contribution in [2.75, 3.05) is 12.3 Å². The molecule has 2 aromatic carbocycles. The van der Waals surface area contributed by atoms with E-state index in [9.17, 15) is 0 Å². The zero-order valence-corrected chi connectivity index (χ0v) is 9.15. The van der Waals surface area contributed by atoms with Crippen LogP contribution in [0.2, 0.25) is 0 Å². The number of anilines is 1. The number of hydrogen-bond acceptors (Lipinski definition) is 2. The van der Waals surface area contributed by atoms with Gasteiger partial charge in [-0.05, 0) is 30.9 Å². The van der Waals surface area contributed by atoms with E-state index in [-0.39, 0.29) is 0 Å². The van der Waals surface area contributed by atoms with E-state index in [1.165, 1.54) is 12.8 Å². The van der Waals surface area contributed by atoms with Crippen LogP contribution in [0, 0.1) is 5.92 Å². The van der Waals surface area contributed by atoms with Crippen LogP contribution in [0.25, 0.3) is 10.8 Å². The summed E-state index contributed by atoms with van der Waals surface area (Å²) < 4.78 is 5.84. The third kappa shape index (κ3) is 1.71. The van der Waals surface area contributed by atoms with Crippen molar-refractivity contribution in [2.24, 2.45) is 5.92 Å². The zero-order chi connectivity index (χ0) is 11.0. The Morgan fingerprint density at radius 3 is 2.56 bits per heavy atom. The smallest absolute Gasteiger partial charge is 0.127 e. The van der Waals surface area contributed by atoms with Gasteiger partial charge in [-0.15, -0.1) is 0 Å². The fraction of sp³-hybridized carbons (Fsp3) is 0.286. The van der Waals surface area contributed by atoms with E-state index in [1.807, 2.05) is 30.3 Å². The Bertz CT molecular complexity index is 517. The van der Waals surface area contributed by atoms with E-state index < -0.39 is 0 Å². The maximum Gasteiger partial charge on any atom is 0.127 e. The first-order valence-corrected chi connectivity index (χ1v) is 5.74. The van der Waals surface area contributed by atoms with Crippen LogP contribution in [0.3, 0.4) is 0 Å². The van der Waals surface area contributed by atoms with Crippen molar-refractivity contribution in [3.8, 4) is 5.75 Å². The molecule has 3 rings (SSSR count). The minimum Gasteiger partial charge on any atom is -0.493 e. The first kappa shape index (κ1) is 9.52. The lowest BCUT2D eigenvalue weighted by Crippen LogP contribution is -2.00. The highest BCUT2D eigenvalue weighted by Gasteiger charge is 2.22. The second-order valence-corrected chi connectivity index (χ2v) is 4.45. The van der Waals surface area contributed by atoms with Gasteiger partial charge in [0.1, 0.15) is 5.75 Å². The molecule has 0 bridgehead atoms. The van der Waals surface area contributed by atoms with Crippen molar-refractivity contribution in [3.63, 3.8) is 0 Å². The zero-order valence-electron chi connectivity index (χ0n) is 9.15. The van der Waals surface area contributed by atoms with Gasteiger partial charge in [0.2, 0.25) is 0 Å². The highest BCUT2D eigenvalue weighted by Crippen LogP contribution is 2.33. The maximum atomic E-state index is 5.94. The van der Waals surface area contributed by atoms with Crippen molar-refractivity contribution >= 4 is 16.5 Å². The summed E-state index contributed by atoms with van der Waals surface area (Å²) >= 11 is 0. The summed E-state index contributed by atoms with van der Waals surface area (Å²) in [6, 6.07) is 12.0. The lowest BCUT2D eigenvalue weighted by atomic mass is 10.1. The summed E-state index contributed by atoms with van der Waals surface area (Å²) in [7, 11) is 0. The van der Waals surface area contributed by atoms with Crippen LogP contribution >= 0.6 is 0 Å². The maximum absolute atomic E-state index is 5.94. The molecule has 1 aliphatic rings. The average molecular weight is 213 g/mol. The van der Waals surface area contributed by atoms with Gasteiger partial charge in [-0.2, -0.15) is 0 Å². The molecule has 2 aromatic rings. The van der Waals surface area contributed by atoms with Crippen molar-refractivity contribution in [1.29, 1.82) is 0 Å². The summed E-state index contributed by atoms with van der Waals surface area (Å²) in [5.41, 5.74) is 6.75. The molecule has 2 nitrogen and oxygen atoms in total. The predicted octanol–water partition coefficient (Wildman–Crippen LogP) is 3.21. The third-order valence-corrected chi connectivity index (χ3v) is 3.09. The molecule has 0 aliphatic heterocycles. The first-order valence-electron chi connectivity index (χ1n) is 5.74. The third-order valence-electron chi connectivity index (χ3n) is 3.09. The molecule has 2 N–H and O–H groups in total. The van der Waals surface area contributed by atoms with Crippen LogP contribution < -0.4 is 10.5 Å². The fourth-order valence-corrected chi connectivity index (χ4v) is 1.91. The number of ether oxygens (including phenoxy) is 1. The van der Waals surface area contributed by atoms with Crippen molar-refractivity contribution in [3.05, 3.63) is 36.4 Å². The quantitative estimate of drug-likeness (QED) is 0.794. The van der Waals surface area contributed by atoms with E-state index in [2.05, 4.69) is 6.07 Å². The molecule has 1 fully saturated rings. The van der Waals surface area contributed by atoms with Crippen LogP contribution in [0.5, 0.6) is 5.75 Å². The minimum absolute atomic E-state index is 0.774. The SMILES string of the molecule is Nc1ccc(OCC2CC2)c2ccccc12. The molecule has 0 saturated heterocycles. The first-order chi connectivity index (χ1) is 7.84. The van der Waals surface area contributed by atoms with Gasteiger partial charge in [0, 0.05) is 16.5 Å². The van der Waals surface area contributed by atoms with Crippen molar-refractivity contribution in [2.45, 2.75) is 12.8 Å². The van der Waals surface area contributed by atoms with E-state index in [0.717, 1.165) is 34.7 Å². The van der Waals surface area contributed by atoms with Crippen LogP contribution in [-0.2, 0) is 0 Å². The second-order valence-electron chi connectivity index (χ2n) is 4.45. The number of benzene rings is 2. The molecular formula is C14H15NO. The Morgan fingerprint density at radius 1 is 1.06 bits per heavy atom. The van der Waals surface area contributed by atoms with Crippen LogP contribution in [0.4, 0.5) is 5.69 Å². The molecule has 0 aromatic heterocycles. The summed E-state index contributed by atoms with van der Waals surface area (Å²) in [5.74, 6) is 1.73. The number of nitrogens with two attached hydrogens (primary N) is 1. The molecule has 1 aliphatic carbocycles. The van der Waals surface area contributed by atoms with Gasteiger partial charge >= 0.3 is 0 Å². The Kier molecular flexibility index (Phi) is 2.21. The Balaban J connectivity index is 1.99. The van der Waals surface area contributed by atoms with E-state index >= 15 is 0 Å². The lowest BCUT2D eigenvalue weighted by molar-refractivity contribution is 0.303. The number of rotatable bonds is 3. The minimum atomic E-state index is 0.774. The van der Waals surface area contributed by atoms with E-state index in [4.69, 9.17) is 10.5 Å². The van der Waals surface area contributed by atoms with Gasteiger partial charge < -0.3 is 10.5 Å². The largest absolute Gasteiger partial charge is 0.493 e. The molecule has 16 heavy (non-hydrogen) atoms. The summed E-state index contributed by atoms with van der Waals surface area (Å²) in [6.45, 7) is 0.841. The second kappa shape index (κ2) is 3.71. The topological polar surface area (TPSA) is 35.2 Å². The Morgan fingerprint density at radius 2 is 1.81 bits per heavy atom. The molecule has 0 spiro atoms. The van der Waals surface area contributed by atoms with Gasteiger partial charge in [0.25, 0.3) is 0 Å². The standard InChI is InChI=1S/C14H15NO/c15-13-7-8-14(16-9-10-5-6-10)12-4-2-1-3-11(12)13/h1-4,7-8,10H,5-6,9,15H2. The van der Waals surface area contributed by atoms with E-state index in [0.29, 0.717) is 0 Å². The number of fused-ring (bicyclic) bond motifs is 1. The average Bonchev–Trinajstić information content (AvgIpc) is 3.13. The van der Waals surface area contributed by atoms with Crippen LogP contribution in [0.1, 0.15) is 12.8 Å². The normalized spacial score (nSPS) is 15.2. The molecule has 2 heteroatoms. The molecule has 0 radical (unpaired) electrons. The molecular weight excluding hydrogens is 198 g/mol. The highest BCUT2D eigenvalue weighted by atomic mass is 16.5. The van der Waals surface area contributed by atoms with Gasteiger partial charge in [-0.1, -0.05) is 24.3 Å². The van der Waals surface area contributed by atoms with Gasteiger partial charge in [-0.25, -0.2) is 0 Å². The molecule has 1 saturated carbocycles. The predicted molar refractivity (Wildman–Crippen MR) is 66.6 cm³/mol. The lowest BCUT2D eigenvalue weighted by Gasteiger charge is -2.10. The van der Waals surface area contributed by atoms with Gasteiger partial charge in [0.05, 0.1) is 6.61 Å². The Hall–Kier alpha value is -1.70. The molecule has 0 unspecified atom stereocenters. The van der Waals surface area contributed by atoms with Crippen molar-refractivity contribution < 1.29 is 4.74 Å². The number of hydrogen-bond donors (Lipinski definition) is 1. The molecule has 82 valence electrons. The highest BCUT2D eigenvalue weighted by molar-refractivity contribution is 5.96. The fourth-order valence-electron chi connectivity index (χ4n) is 1.91. The molecule has 0 amide bonds. The van der Waals surface area contributed by atoms with E-state index in [1.54, 1.807) is 0 Å².